The Balaban J connectivity index is 4.48. The van der Waals surface area contributed by atoms with Crippen molar-refractivity contribution in [1.82, 2.24) is 5.32 Å². The van der Waals surface area contributed by atoms with E-state index in [0.717, 1.165) is 37.3 Å². The van der Waals surface area contributed by atoms with Crippen LogP contribution in [0.3, 0.4) is 0 Å². The van der Waals surface area contributed by atoms with Crippen molar-refractivity contribution in [2.24, 2.45) is 0 Å². The zero-order valence-electron chi connectivity index (χ0n) is 13.7. The summed E-state index contributed by atoms with van der Waals surface area (Å²) in [6, 6.07) is 0.219. The molecule has 0 aliphatic heterocycles. The van der Waals surface area contributed by atoms with E-state index in [0.29, 0.717) is 0 Å². The van der Waals surface area contributed by atoms with Gasteiger partial charge in [0.05, 0.1) is 13.2 Å². The summed E-state index contributed by atoms with van der Waals surface area (Å²) in [6.45, 7) is 13.9. The van der Waals surface area contributed by atoms with Crippen LogP contribution in [-0.4, -0.2) is 32.4 Å². The molecule has 0 heterocycles. The Morgan fingerprint density at radius 1 is 1.35 bits per heavy atom. The van der Waals surface area contributed by atoms with E-state index in [-0.39, 0.29) is 12.1 Å². The maximum absolute atomic E-state index is 5.78. The standard InChI is InChI=1S/C17H31NO2/c1-7-11-20-17(10-4)13-18-14(5)15(8-2)12-16(9-3)19-6/h8-9,12,14,17-18H,2,7,10-11,13H2,1,3-6H3. The normalized spacial score (nSPS) is 15.8. The molecule has 3 nitrogen and oxygen atoms in total. The minimum Gasteiger partial charge on any atom is -0.497 e. The van der Waals surface area contributed by atoms with Crippen molar-refractivity contribution < 1.29 is 9.47 Å². The molecule has 0 aromatic rings. The van der Waals surface area contributed by atoms with Gasteiger partial charge in [-0.3, -0.25) is 0 Å². The third kappa shape index (κ3) is 7.51. The molecule has 2 unspecified atom stereocenters. The molecule has 116 valence electrons. The summed E-state index contributed by atoms with van der Waals surface area (Å²) >= 11 is 0. The van der Waals surface area contributed by atoms with Gasteiger partial charge in [0.1, 0.15) is 5.76 Å². The Labute approximate surface area is 124 Å². The molecule has 0 rings (SSSR count). The number of allylic oxidation sites excluding steroid dienone is 2. The predicted molar refractivity (Wildman–Crippen MR) is 86.8 cm³/mol. The molecule has 3 heteroatoms. The number of nitrogens with one attached hydrogen (secondary N) is 1. The summed E-state index contributed by atoms with van der Waals surface area (Å²) in [5.74, 6) is 0.850. The van der Waals surface area contributed by atoms with Crippen LogP contribution < -0.4 is 5.32 Å². The largest absolute Gasteiger partial charge is 0.497 e. The first-order valence-electron chi connectivity index (χ1n) is 7.52. The molecule has 0 radical (unpaired) electrons. The van der Waals surface area contributed by atoms with E-state index in [4.69, 9.17) is 9.47 Å². The summed E-state index contributed by atoms with van der Waals surface area (Å²) in [5.41, 5.74) is 1.12. The van der Waals surface area contributed by atoms with Crippen LogP contribution in [0.15, 0.2) is 36.1 Å². The van der Waals surface area contributed by atoms with E-state index in [1.54, 1.807) is 7.11 Å². The number of ether oxygens (including phenoxy) is 2. The highest BCUT2D eigenvalue weighted by molar-refractivity contribution is 5.29. The summed E-state index contributed by atoms with van der Waals surface area (Å²) in [7, 11) is 1.68. The maximum atomic E-state index is 5.78. The highest BCUT2D eigenvalue weighted by atomic mass is 16.5. The molecule has 0 fully saturated rings. The van der Waals surface area contributed by atoms with Crippen LogP contribution in [-0.2, 0) is 9.47 Å². The minimum absolute atomic E-state index is 0.219. The molecule has 1 N–H and O–H groups in total. The van der Waals surface area contributed by atoms with Gasteiger partial charge in [-0.2, -0.15) is 0 Å². The Morgan fingerprint density at radius 2 is 2.05 bits per heavy atom. The van der Waals surface area contributed by atoms with Crippen LogP contribution in [0.4, 0.5) is 0 Å². The first-order chi connectivity index (χ1) is 9.62. The van der Waals surface area contributed by atoms with Crippen LogP contribution >= 0.6 is 0 Å². The van der Waals surface area contributed by atoms with Gasteiger partial charge in [0.2, 0.25) is 0 Å². The zero-order chi connectivity index (χ0) is 15.4. The highest BCUT2D eigenvalue weighted by Gasteiger charge is 2.10. The number of hydrogen-bond acceptors (Lipinski definition) is 3. The highest BCUT2D eigenvalue weighted by Crippen LogP contribution is 2.10. The van der Waals surface area contributed by atoms with Crippen molar-refractivity contribution in [3.63, 3.8) is 0 Å². The number of hydrogen-bond donors (Lipinski definition) is 1. The van der Waals surface area contributed by atoms with Crippen LogP contribution in [0.2, 0.25) is 0 Å². The van der Waals surface area contributed by atoms with Gasteiger partial charge in [-0.05, 0) is 44.4 Å². The SMILES string of the molecule is C=CC(=CC(=CC)OC)C(C)NCC(CC)OCCC. The molecule has 0 aromatic heterocycles. The van der Waals surface area contributed by atoms with Gasteiger partial charge in [-0.15, -0.1) is 0 Å². The second kappa shape index (κ2) is 11.7. The molecular weight excluding hydrogens is 250 g/mol. The molecule has 0 aliphatic carbocycles. The molecule has 0 amide bonds. The lowest BCUT2D eigenvalue weighted by Gasteiger charge is -2.21. The molecule has 0 aliphatic rings. The quantitative estimate of drug-likeness (QED) is 0.461. The lowest BCUT2D eigenvalue weighted by Crippen LogP contribution is -2.35. The van der Waals surface area contributed by atoms with Crippen LogP contribution in [0, 0.1) is 0 Å². The average molecular weight is 281 g/mol. The van der Waals surface area contributed by atoms with Gasteiger partial charge in [0, 0.05) is 19.2 Å². The number of methoxy groups -OCH3 is 1. The van der Waals surface area contributed by atoms with Gasteiger partial charge < -0.3 is 14.8 Å². The van der Waals surface area contributed by atoms with Gasteiger partial charge in [0.25, 0.3) is 0 Å². The third-order valence-electron chi connectivity index (χ3n) is 3.23. The van der Waals surface area contributed by atoms with Crippen LogP contribution in [0.5, 0.6) is 0 Å². The summed E-state index contributed by atoms with van der Waals surface area (Å²) in [4.78, 5) is 0. The monoisotopic (exact) mass is 281 g/mol. The van der Waals surface area contributed by atoms with E-state index in [9.17, 15) is 0 Å². The second-order valence-electron chi connectivity index (χ2n) is 4.77. The Morgan fingerprint density at radius 3 is 2.50 bits per heavy atom. The van der Waals surface area contributed by atoms with E-state index >= 15 is 0 Å². The Bertz CT molecular complexity index is 321. The Hall–Kier alpha value is -1.06. The van der Waals surface area contributed by atoms with Crippen LogP contribution in [0.25, 0.3) is 0 Å². The van der Waals surface area contributed by atoms with E-state index in [1.165, 1.54) is 0 Å². The number of rotatable bonds is 11. The fraction of sp³-hybridized carbons (Fsp3) is 0.647. The lowest BCUT2D eigenvalue weighted by molar-refractivity contribution is 0.0503. The minimum atomic E-state index is 0.219. The van der Waals surface area contributed by atoms with Gasteiger partial charge in [-0.1, -0.05) is 26.5 Å². The lowest BCUT2D eigenvalue weighted by atomic mass is 10.1. The fourth-order valence-corrected chi connectivity index (χ4v) is 1.82. The van der Waals surface area contributed by atoms with E-state index < -0.39 is 0 Å². The van der Waals surface area contributed by atoms with Crippen molar-refractivity contribution in [3.8, 4) is 0 Å². The molecule has 0 saturated heterocycles. The summed E-state index contributed by atoms with van der Waals surface area (Å²) in [6.07, 6.45) is 8.17. The molecule has 2 atom stereocenters. The first-order valence-corrected chi connectivity index (χ1v) is 7.52. The molecule has 20 heavy (non-hydrogen) atoms. The Kier molecular flexibility index (Phi) is 11.1. The topological polar surface area (TPSA) is 30.5 Å². The van der Waals surface area contributed by atoms with Crippen molar-refractivity contribution in [3.05, 3.63) is 36.1 Å². The molecular formula is C17H31NO2. The third-order valence-corrected chi connectivity index (χ3v) is 3.23. The van der Waals surface area contributed by atoms with Crippen molar-refractivity contribution in [2.45, 2.75) is 52.7 Å². The smallest absolute Gasteiger partial charge is 0.114 e. The fourth-order valence-electron chi connectivity index (χ4n) is 1.82. The summed E-state index contributed by atoms with van der Waals surface area (Å²) < 4.78 is 11.1. The van der Waals surface area contributed by atoms with Gasteiger partial charge in [0.15, 0.2) is 0 Å². The zero-order valence-corrected chi connectivity index (χ0v) is 13.7. The van der Waals surface area contributed by atoms with E-state index in [1.807, 2.05) is 25.2 Å². The van der Waals surface area contributed by atoms with Crippen molar-refractivity contribution >= 4 is 0 Å². The summed E-state index contributed by atoms with van der Waals surface area (Å²) in [5, 5.41) is 3.50. The van der Waals surface area contributed by atoms with Crippen LogP contribution in [0.1, 0.15) is 40.5 Å². The average Bonchev–Trinajstić information content (AvgIpc) is 2.48. The van der Waals surface area contributed by atoms with Gasteiger partial charge in [-0.25, -0.2) is 0 Å². The second-order valence-corrected chi connectivity index (χ2v) is 4.77. The van der Waals surface area contributed by atoms with Crippen molar-refractivity contribution in [1.29, 1.82) is 0 Å². The maximum Gasteiger partial charge on any atom is 0.114 e. The molecule has 0 spiro atoms. The first kappa shape index (κ1) is 18.9. The predicted octanol–water partition coefficient (Wildman–Crippen LogP) is 3.83. The van der Waals surface area contributed by atoms with Crippen molar-refractivity contribution in [2.75, 3.05) is 20.3 Å². The molecule has 0 saturated carbocycles. The molecule has 0 aromatic carbocycles. The van der Waals surface area contributed by atoms with Gasteiger partial charge >= 0.3 is 0 Å². The molecule has 0 bridgehead atoms. The van der Waals surface area contributed by atoms with E-state index in [2.05, 4.69) is 32.7 Å².